The number of nitrogens with one attached hydrogen (secondary N) is 1. The van der Waals surface area contributed by atoms with E-state index >= 15 is 0 Å². The Morgan fingerprint density at radius 3 is 2.72 bits per heavy atom. The smallest absolute Gasteiger partial charge is 0.223 e. The first-order valence-corrected chi connectivity index (χ1v) is 8.15. The van der Waals surface area contributed by atoms with Crippen LogP contribution in [0.5, 0.6) is 5.75 Å². The molecule has 128 valence electrons. The van der Waals surface area contributed by atoms with Crippen molar-refractivity contribution in [3.05, 3.63) is 71.4 Å². The molecule has 2 aromatic carbocycles. The van der Waals surface area contributed by atoms with Gasteiger partial charge in [-0.15, -0.1) is 0 Å². The zero-order valence-corrected chi connectivity index (χ0v) is 14.0. The van der Waals surface area contributed by atoms with Crippen molar-refractivity contribution in [1.29, 1.82) is 0 Å². The van der Waals surface area contributed by atoms with Crippen LogP contribution in [0.25, 0.3) is 6.08 Å². The lowest BCUT2D eigenvalue weighted by Gasteiger charge is -2.32. The van der Waals surface area contributed by atoms with Gasteiger partial charge in [0.05, 0.1) is 12.5 Å². The number of carbonyl (C=O) groups is 2. The van der Waals surface area contributed by atoms with E-state index in [1.807, 2.05) is 36.4 Å². The van der Waals surface area contributed by atoms with E-state index in [4.69, 9.17) is 0 Å². The minimum absolute atomic E-state index is 0.100. The first kappa shape index (κ1) is 16.8. The summed E-state index contributed by atoms with van der Waals surface area (Å²) < 4.78 is 0. The highest BCUT2D eigenvalue weighted by molar-refractivity contribution is 5.81. The standard InChI is InChI=1S/C20H20N2O3/c1-14(23)22-10-9-16-6-2-3-8-18(16)19(22)12-20(25)21-13-15-5-4-7-17(24)11-15/h2-11,19,24H,12-13H2,1H3,(H,21,25)/t19-/m0/s1. The number of aromatic hydroxyl groups is 1. The molecule has 0 spiro atoms. The zero-order chi connectivity index (χ0) is 17.8. The summed E-state index contributed by atoms with van der Waals surface area (Å²) >= 11 is 0. The van der Waals surface area contributed by atoms with Crippen molar-refractivity contribution in [3.8, 4) is 5.75 Å². The van der Waals surface area contributed by atoms with Crippen molar-refractivity contribution in [2.24, 2.45) is 0 Å². The summed E-state index contributed by atoms with van der Waals surface area (Å²) in [6.45, 7) is 1.83. The lowest BCUT2D eigenvalue weighted by molar-refractivity contribution is -0.130. The van der Waals surface area contributed by atoms with E-state index in [-0.39, 0.29) is 30.0 Å². The SMILES string of the molecule is CC(=O)N1C=Cc2ccccc2[C@@H]1CC(=O)NCc1cccc(O)c1. The summed E-state index contributed by atoms with van der Waals surface area (Å²) in [6.07, 6.45) is 3.80. The van der Waals surface area contributed by atoms with E-state index < -0.39 is 0 Å². The lowest BCUT2D eigenvalue weighted by Crippen LogP contribution is -2.35. The van der Waals surface area contributed by atoms with Crippen LogP contribution in [0.3, 0.4) is 0 Å². The molecule has 1 atom stereocenters. The summed E-state index contributed by atoms with van der Waals surface area (Å²) in [5.74, 6) is -0.0814. The highest BCUT2D eigenvalue weighted by atomic mass is 16.3. The van der Waals surface area contributed by atoms with Gasteiger partial charge in [-0.25, -0.2) is 0 Å². The largest absolute Gasteiger partial charge is 0.508 e. The molecule has 0 fully saturated rings. The molecule has 0 saturated carbocycles. The maximum absolute atomic E-state index is 12.4. The maximum atomic E-state index is 12.4. The number of amides is 2. The van der Waals surface area contributed by atoms with Gasteiger partial charge in [0.2, 0.25) is 11.8 Å². The maximum Gasteiger partial charge on any atom is 0.223 e. The van der Waals surface area contributed by atoms with E-state index in [0.717, 1.165) is 16.7 Å². The second-order valence-electron chi connectivity index (χ2n) is 6.04. The fraction of sp³-hybridized carbons (Fsp3) is 0.200. The second-order valence-corrected chi connectivity index (χ2v) is 6.04. The molecule has 0 unspecified atom stereocenters. The molecular formula is C20H20N2O3. The molecule has 3 rings (SSSR count). The Morgan fingerprint density at radius 1 is 1.16 bits per heavy atom. The molecule has 1 aliphatic heterocycles. The van der Waals surface area contributed by atoms with Crippen LogP contribution in [0, 0.1) is 0 Å². The van der Waals surface area contributed by atoms with Gasteiger partial charge in [0, 0.05) is 19.7 Å². The van der Waals surface area contributed by atoms with E-state index in [0.29, 0.717) is 6.54 Å². The van der Waals surface area contributed by atoms with Gasteiger partial charge in [0.25, 0.3) is 0 Å². The minimum atomic E-state index is -0.317. The molecule has 0 saturated heterocycles. The van der Waals surface area contributed by atoms with Crippen LogP contribution in [-0.2, 0) is 16.1 Å². The molecule has 2 aromatic rings. The van der Waals surface area contributed by atoms with E-state index in [9.17, 15) is 14.7 Å². The van der Waals surface area contributed by atoms with Crippen LogP contribution < -0.4 is 5.32 Å². The van der Waals surface area contributed by atoms with Crippen molar-refractivity contribution in [2.45, 2.75) is 25.9 Å². The molecule has 5 nitrogen and oxygen atoms in total. The highest BCUT2D eigenvalue weighted by Gasteiger charge is 2.27. The second kappa shape index (κ2) is 7.21. The Hall–Kier alpha value is -3.08. The van der Waals surface area contributed by atoms with Gasteiger partial charge < -0.3 is 15.3 Å². The van der Waals surface area contributed by atoms with Crippen molar-refractivity contribution in [3.63, 3.8) is 0 Å². The van der Waals surface area contributed by atoms with Gasteiger partial charge in [-0.05, 0) is 34.9 Å². The predicted octanol–water partition coefficient (Wildman–Crippen LogP) is 2.97. The number of benzene rings is 2. The van der Waals surface area contributed by atoms with Crippen LogP contribution in [0.2, 0.25) is 0 Å². The third-order valence-corrected chi connectivity index (χ3v) is 4.25. The molecule has 2 amide bonds. The topological polar surface area (TPSA) is 69.6 Å². The average molecular weight is 336 g/mol. The van der Waals surface area contributed by atoms with Gasteiger partial charge in [-0.1, -0.05) is 36.4 Å². The molecule has 1 heterocycles. The van der Waals surface area contributed by atoms with Crippen molar-refractivity contribution in [2.75, 3.05) is 0 Å². The van der Waals surface area contributed by atoms with Gasteiger partial charge >= 0.3 is 0 Å². The van der Waals surface area contributed by atoms with Gasteiger partial charge in [0.1, 0.15) is 5.75 Å². The van der Waals surface area contributed by atoms with Crippen molar-refractivity contribution in [1.82, 2.24) is 10.2 Å². The Kier molecular flexibility index (Phi) is 4.84. The quantitative estimate of drug-likeness (QED) is 0.902. The van der Waals surface area contributed by atoms with Crippen LogP contribution in [-0.4, -0.2) is 21.8 Å². The zero-order valence-electron chi connectivity index (χ0n) is 14.0. The molecular weight excluding hydrogens is 316 g/mol. The Morgan fingerprint density at radius 2 is 1.96 bits per heavy atom. The fourth-order valence-electron chi connectivity index (χ4n) is 3.03. The fourth-order valence-corrected chi connectivity index (χ4v) is 3.03. The molecule has 0 radical (unpaired) electrons. The Labute approximate surface area is 146 Å². The van der Waals surface area contributed by atoms with E-state index in [1.165, 1.54) is 6.92 Å². The number of phenols is 1. The normalized spacial score (nSPS) is 15.6. The monoisotopic (exact) mass is 336 g/mol. The van der Waals surface area contributed by atoms with Gasteiger partial charge in [-0.3, -0.25) is 9.59 Å². The summed E-state index contributed by atoms with van der Waals surface area (Å²) in [6, 6.07) is 14.2. The number of rotatable bonds is 4. The molecule has 0 aromatic heterocycles. The number of hydrogen-bond acceptors (Lipinski definition) is 3. The molecule has 2 N–H and O–H groups in total. The van der Waals surface area contributed by atoms with Gasteiger partial charge in [0.15, 0.2) is 0 Å². The molecule has 0 bridgehead atoms. The third-order valence-electron chi connectivity index (χ3n) is 4.25. The minimum Gasteiger partial charge on any atom is -0.508 e. The summed E-state index contributed by atoms with van der Waals surface area (Å²) in [5.41, 5.74) is 2.80. The number of phenolic OH excluding ortho intramolecular Hbond substituents is 1. The summed E-state index contributed by atoms with van der Waals surface area (Å²) in [5, 5.41) is 12.3. The van der Waals surface area contributed by atoms with Crippen LogP contribution in [0.1, 0.15) is 36.1 Å². The van der Waals surface area contributed by atoms with Crippen LogP contribution in [0.4, 0.5) is 0 Å². The predicted molar refractivity (Wildman–Crippen MR) is 95.3 cm³/mol. The Balaban J connectivity index is 1.72. The number of hydrogen-bond donors (Lipinski definition) is 2. The van der Waals surface area contributed by atoms with Gasteiger partial charge in [-0.2, -0.15) is 0 Å². The summed E-state index contributed by atoms with van der Waals surface area (Å²) in [7, 11) is 0. The van der Waals surface area contributed by atoms with Crippen molar-refractivity contribution < 1.29 is 14.7 Å². The Bertz CT molecular complexity index is 829. The van der Waals surface area contributed by atoms with Crippen molar-refractivity contribution >= 4 is 17.9 Å². The highest BCUT2D eigenvalue weighted by Crippen LogP contribution is 2.32. The lowest BCUT2D eigenvalue weighted by atomic mass is 9.93. The number of carbonyl (C=O) groups excluding carboxylic acids is 2. The molecule has 25 heavy (non-hydrogen) atoms. The number of nitrogens with zero attached hydrogens (tertiary/aromatic N) is 1. The summed E-state index contributed by atoms with van der Waals surface area (Å²) in [4.78, 5) is 25.9. The first-order chi connectivity index (χ1) is 12.0. The third kappa shape index (κ3) is 3.88. The average Bonchev–Trinajstić information content (AvgIpc) is 2.60. The molecule has 5 heteroatoms. The van der Waals surface area contributed by atoms with Crippen LogP contribution >= 0.6 is 0 Å². The first-order valence-electron chi connectivity index (χ1n) is 8.15. The van der Waals surface area contributed by atoms with E-state index in [2.05, 4.69) is 5.32 Å². The van der Waals surface area contributed by atoms with Crippen LogP contribution in [0.15, 0.2) is 54.7 Å². The number of fused-ring (bicyclic) bond motifs is 1. The molecule has 0 aliphatic carbocycles. The molecule has 1 aliphatic rings. The van der Waals surface area contributed by atoms with E-state index in [1.54, 1.807) is 29.3 Å².